The molecule has 4 unspecified atom stereocenters. The van der Waals surface area contributed by atoms with Gasteiger partial charge in [-0.05, 0) is 60.5 Å². The Labute approximate surface area is 293 Å². The van der Waals surface area contributed by atoms with Gasteiger partial charge in [0.25, 0.3) is 0 Å². The zero-order valence-electron chi connectivity index (χ0n) is 26.8. The number of methoxy groups -OCH3 is 2. The molecule has 1 aliphatic carbocycles. The van der Waals surface area contributed by atoms with Crippen molar-refractivity contribution >= 4 is 38.3 Å². The number of rotatable bonds is 13. The minimum Gasteiger partial charge on any atom is -0.497 e. The number of alkyl halides is 1. The zero-order chi connectivity index (χ0) is 34.6. The van der Waals surface area contributed by atoms with E-state index in [-0.39, 0.29) is 29.8 Å². The molecule has 0 bridgehead atoms. The normalized spacial score (nSPS) is 21.4. The Morgan fingerprint density at radius 3 is 2.53 bits per heavy atom. The maximum absolute atomic E-state index is 17.1. The van der Waals surface area contributed by atoms with Crippen molar-refractivity contribution in [1.29, 1.82) is 0 Å². The number of hydrogen-bond acceptors (Lipinski definition) is 9. The lowest BCUT2D eigenvalue weighted by molar-refractivity contribution is 0.0658. The van der Waals surface area contributed by atoms with E-state index in [2.05, 4.69) is 14.7 Å². The maximum Gasteiger partial charge on any atom is 0.250 e. The topological polar surface area (TPSA) is 103 Å². The van der Waals surface area contributed by atoms with Crippen LogP contribution in [0.1, 0.15) is 29.2 Å². The van der Waals surface area contributed by atoms with Crippen LogP contribution in [0, 0.1) is 5.92 Å². The van der Waals surface area contributed by atoms with Crippen LogP contribution in [0.15, 0.2) is 103 Å². The van der Waals surface area contributed by atoms with E-state index in [4.69, 9.17) is 25.8 Å². The molecule has 258 valence electrons. The van der Waals surface area contributed by atoms with Gasteiger partial charge in [0, 0.05) is 47.1 Å². The van der Waals surface area contributed by atoms with Crippen LogP contribution in [-0.2, 0) is 27.7 Å². The van der Waals surface area contributed by atoms with Crippen LogP contribution >= 0.6 is 23.1 Å². The summed E-state index contributed by atoms with van der Waals surface area (Å²) in [6.45, 7) is 1.06. The first kappa shape index (κ1) is 34.8. The molecule has 0 radical (unpaired) electrons. The molecule has 4 atom stereocenters. The summed E-state index contributed by atoms with van der Waals surface area (Å²) >= 11 is 6.95. The summed E-state index contributed by atoms with van der Waals surface area (Å²) < 4.78 is 83.4. The molecule has 0 amide bonds. The van der Waals surface area contributed by atoms with E-state index >= 15 is 17.2 Å². The van der Waals surface area contributed by atoms with E-state index in [0.29, 0.717) is 34.2 Å². The molecule has 3 aromatic carbocycles. The van der Waals surface area contributed by atoms with E-state index < -0.39 is 32.9 Å². The summed E-state index contributed by atoms with van der Waals surface area (Å²) in [5.41, 5.74) is 1.68. The van der Waals surface area contributed by atoms with Crippen LogP contribution in [0.4, 0.5) is 13.9 Å². The number of allylic oxidation sites excluding steroid dienone is 2. The SMILES string of the molecule is COc1ccc(CN(c2ncns2)S(=O)(=O)C2(Cc3ccccc3)C=C(F)C(OC(c3ccc(Cl)cc3)C3CCNC3)=CC2F)c(OC)c1. The lowest BCUT2D eigenvalue weighted by Crippen LogP contribution is -2.55. The van der Waals surface area contributed by atoms with Crippen LogP contribution in [0.5, 0.6) is 11.5 Å². The molecule has 9 nitrogen and oxygen atoms in total. The fourth-order valence-corrected chi connectivity index (χ4v) is 9.11. The van der Waals surface area contributed by atoms with Crippen molar-refractivity contribution in [1.82, 2.24) is 14.7 Å². The molecule has 1 saturated heterocycles. The minimum absolute atomic E-state index is 0.0196. The van der Waals surface area contributed by atoms with Crippen LogP contribution in [-0.4, -0.2) is 56.0 Å². The first-order valence-electron chi connectivity index (χ1n) is 15.6. The molecule has 2 aliphatic rings. The predicted molar refractivity (Wildman–Crippen MR) is 186 cm³/mol. The van der Waals surface area contributed by atoms with Crippen molar-refractivity contribution in [2.75, 3.05) is 31.6 Å². The molecule has 0 spiro atoms. The summed E-state index contributed by atoms with van der Waals surface area (Å²) in [6, 6.07) is 20.5. The van der Waals surface area contributed by atoms with E-state index in [1.807, 2.05) is 0 Å². The molecule has 1 N–H and O–H groups in total. The highest BCUT2D eigenvalue weighted by molar-refractivity contribution is 7.94. The highest BCUT2D eigenvalue weighted by Gasteiger charge is 2.55. The number of halogens is 3. The minimum atomic E-state index is -4.81. The molecular formula is C35H35ClF2N4O5S2. The Balaban J connectivity index is 1.43. The highest BCUT2D eigenvalue weighted by Crippen LogP contribution is 2.45. The fourth-order valence-electron chi connectivity index (χ4n) is 6.22. The van der Waals surface area contributed by atoms with Gasteiger partial charge in [-0.1, -0.05) is 54.1 Å². The number of nitrogens with zero attached hydrogens (tertiary/aromatic N) is 3. The van der Waals surface area contributed by atoms with E-state index in [1.165, 1.54) is 20.5 Å². The van der Waals surface area contributed by atoms with Gasteiger partial charge >= 0.3 is 0 Å². The van der Waals surface area contributed by atoms with Gasteiger partial charge in [-0.3, -0.25) is 0 Å². The van der Waals surface area contributed by atoms with Crippen LogP contribution < -0.4 is 19.1 Å². The Kier molecular flexibility index (Phi) is 10.5. The molecule has 2 heterocycles. The Bertz CT molecular complexity index is 1910. The second-order valence-electron chi connectivity index (χ2n) is 11.8. The fraction of sp³-hybridized carbons (Fsp3) is 0.314. The maximum atomic E-state index is 17.1. The number of sulfonamides is 1. The van der Waals surface area contributed by atoms with Gasteiger partial charge in [-0.15, -0.1) is 0 Å². The third-order valence-corrected chi connectivity index (χ3v) is 12.2. The number of aromatic nitrogens is 2. The zero-order valence-corrected chi connectivity index (χ0v) is 29.2. The van der Waals surface area contributed by atoms with Crippen molar-refractivity contribution in [2.24, 2.45) is 5.92 Å². The van der Waals surface area contributed by atoms with Gasteiger partial charge in [-0.25, -0.2) is 26.5 Å². The van der Waals surface area contributed by atoms with Gasteiger partial charge in [0.05, 0.1) is 20.8 Å². The molecule has 1 aliphatic heterocycles. The van der Waals surface area contributed by atoms with Gasteiger partial charge < -0.3 is 19.5 Å². The summed E-state index contributed by atoms with van der Waals surface area (Å²) in [4.78, 5) is 4.18. The van der Waals surface area contributed by atoms with E-state index in [0.717, 1.165) is 46.5 Å². The largest absolute Gasteiger partial charge is 0.497 e. The Morgan fingerprint density at radius 1 is 1.10 bits per heavy atom. The number of hydrogen-bond donors (Lipinski definition) is 1. The summed E-state index contributed by atoms with van der Waals surface area (Å²) in [5, 5.41) is 3.80. The Hall–Kier alpha value is -4.04. The smallest absolute Gasteiger partial charge is 0.250 e. The monoisotopic (exact) mass is 728 g/mol. The average molecular weight is 729 g/mol. The van der Waals surface area contributed by atoms with Crippen molar-refractivity contribution in [2.45, 2.75) is 36.4 Å². The number of nitrogens with one attached hydrogen (secondary N) is 1. The lowest BCUT2D eigenvalue weighted by Gasteiger charge is -2.39. The Morgan fingerprint density at radius 2 is 1.88 bits per heavy atom. The van der Waals surface area contributed by atoms with Gasteiger partial charge in [-0.2, -0.15) is 4.37 Å². The standard InChI is InChI=1S/C35H35ClF2N4O5S2/c1-45-28-13-10-26(30(16-28)46-2)21-42(34-40-22-41-48-34)49(43,44)35(18-23-6-4-3-5-7-23)19-29(37)31(17-32(35)38)47-33(25-14-15-39-20-25)24-8-11-27(36)12-9-24/h3-13,16-17,19,22,25,32-33,39H,14-15,18,20-21H2,1-2H3. The van der Waals surface area contributed by atoms with E-state index in [9.17, 15) is 0 Å². The third kappa shape index (κ3) is 7.16. The lowest BCUT2D eigenvalue weighted by atomic mass is 9.89. The third-order valence-electron chi connectivity index (χ3n) is 8.81. The van der Waals surface area contributed by atoms with Crippen LogP contribution in [0.3, 0.4) is 0 Å². The van der Waals surface area contributed by atoms with Gasteiger partial charge in [0.1, 0.15) is 30.1 Å². The van der Waals surface area contributed by atoms with Crippen molar-refractivity contribution in [3.05, 3.63) is 125 Å². The number of benzene rings is 3. The quantitative estimate of drug-likeness (QED) is 0.157. The summed E-state index contributed by atoms with van der Waals surface area (Å²) in [6.07, 6.45) is 0.507. The molecule has 4 aromatic rings. The van der Waals surface area contributed by atoms with Crippen molar-refractivity contribution < 1.29 is 31.4 Å². The number of anilines is 1. The van der Waals surface area contributed by atoms with Gasteiger partial charge in [0.15, 0.2) is 16.3 Å². The second kappa shape index (κ2) is 14.8. The second-order valence-corrected chi connectivity index (χ2v) is 15.1. The summed E-state index contributed by atoms with van der Waals surface area (Å²) in [5.74, 6) is -0.556. The molecule has 6 rings (SSSR count). The predicted octanol–water partition coefficient (Wildman–Crippen LogP) is 6.98. The van der Waals surface area contributed by atoms with Gasteiger partial charge in [0.2, 0.25) is 15.2 Å². The molecule has 1 fully saturated rings. The molecule has 0 saturated carbocycles. The molecule has 49 heavy (non-hydrogen) atoms. The molecule has 1 aromatic heterocycles. The van der Waals surface area contributed by atoms with Crippen LogP contribution in [0.25, 0.3) is 0 Å². The molecule has 14 heteroatoms. The van der Waals surface area contributed by atoms with Crippen LogP contribution in [0.2, 0.25) is 5.02 Å². The number of ether oxygens (including phenoxy) is 3. The first-order valence-corrected chi connectivity index (χ1v) is 18.2. The highest BCUT2D eigenvalue weighted by atomic mass is 35.5. The van der Waals surface area contributed by atoms with Crippen molar-refractivity contribution in [3.8, 4) is 11.5 Å². The van der Waals surface area contributed by atoms with Crippen molar-refractivity contribution in [3.63, 3.8) is 0 Å². The molecular weight excluding hydrogens is 694 g/mol. The first-order chi connectivity index (χ1) is 23.6. The summed E-state index contributed by atoms with van der Waals surface area (Å²) in [7, 11) is -1.87. The average Bonchev–Trinajstić information content (AvgIpc) is 3.84. The van der Waals surface area contributed by atoms with E-state index in [1.54, 1.807) is 72.8 Å².